The molecule has 0 spiro atoms. The van der Waals surface area contributed by atoms with Crippen LogP contribution in [0.3, 0.4) is 0 Å². The van der Waals surface area contributed by atoms with Crippen molar-refractivity contribution in [3.63, 3.8) is 0 Å². The first kappa shape index (κ1) is 15.3. The lowest BCUT2D eigenvalue weighted by Crippen LogP contribution is -2.37. The molecule has 1 atom stereocenters. The highest BCUT2D eigenvalue weighted by Gasteiger charge is 2.25. The highest BCUT2D eigenvalue weighted by molar-refractivity contribution is 9.10. The summed E-state index contributed by atoms with van der Waals surface area (Å²) in [6.07, 6.45) is 2.17. The second-order valence-electron chi connectivity index (χ2n) is 5.00. The van der Waals surface area contributed by atoms with Crippen molar-refractivity contribution in [1.29, 1.82) is 0 Å². The summed E-state index contributed by atoms with van der Waals surface area (Å²) in [5.74, 6) is 0.447. The molecule has 1 fully saturated rings. The van der Waals surface area contributed by atoms with Gasteiger partial charge in [-0.15, -0.1) is 0 Å². The molecular formula is C14H19BrN2O3. The third-order valence-corrected chi connectivity index (χ3v) is 4.04. The van der Waals surface area contributed by atoms with Gasteiger partial charge < -0.3 is 9.64 Å². The molecule has 1 aromatic rings. The van der Waals surface area contributed by atoms with E-state index in [2.05, 4.69) is 20.8 Å². The van der Waals surface area contributed by atoms with Gasteiger partial charge in [0.2, 0.25) is 0 Å². The second kappa shape index (κ2) is 7.04. The van der Waals surface area contributed by atoms with Gasteiger partial charge >= 0.3 is 0 Å². The smallest absolute Gasteiger partial charge is 0.292 e. The molecule has 0 radical (unpaired) electrons. The van der Waals surface area contributed by atoms with Crippen LogP contribution in [0, 0.1) is 16.0 Å². The number of nitro benzene ring substituents is 1. The number of hydrogen-bond donors (Lipinski definition) is 0. The molecule has 0 amide bonds. The number of anilines is 1. The van der Waals surface area contributed by atoms with Crippen molar-refractivity contribution in [2.75, 3.05) is 31.2 Å². The van der Waals surface area contributed by atoms with E-state index in [0.717, 1.165) is 37.0 Å². The first-order chi connectivity index (χ1) is 9.61. The maximum atomic E-state index is 11.2. The van der Waals surface area contributed by atoms with E-state index in [1.165, 1.54) is 0 Å². The number of nitro groups is 1. The van der Waals surface area contributed by atoms with E-state index in [9.17, 15) is 10.1 Å². The average Bonchev–Trinajstić information content (AvgIpc) is 2.45. The second-order valence-corrected chi connectivity index (χ2v) is 5.92. The molecule has 5 nitrogen and oxygen atoms in total. The summed E-state index contributed by atoms with van der Waals surface area (Å²) in [7, 11) is 0. The Bertz CT molecular complexity index is 481. The molecule has 2 rings (SSSR count). The van der Waals surface area contributed by atoms with Gasteiger partial charge in [0, 0.05) is 30.2 Å². The van der Waals surface area contributed by atoms with Gasteiger partial charge in [-0.2, -0.15) is 0 Å². The van der Waals surface area contributed by atoms with Gasteiger partial charge in [0.1, 0.15) is 5.69 Å². The Morgan fingerprint density at radius 1 is 1.55 bits per heavy atom. The molecule has 20 heavy (non-hydrogen) atoms. The molecule has 0 aromatic heterocycles. The molecule has 0 bridgehead atoms. The van der Waals surface area contributed by atoms with E-state index in [4.69, 9.17) is 4.74 Å². The van der Waals surface area contributed by atoms with Crippen LogP contribution in [0.5, 0.6) is 0 Å². The minimum atomic E-state index is -0.312. The quantitative estimate of drug-likeness (QED) is 0.605. The summed E-state index contributed by atoms with van der Waals surface area (Å²) in [5, 5.41) is 11.2. The maximum Gasteiger partial charge on any atom is 0.292 e. The Hall–Kier alpha value is -1.14. The molecule has 110 valence electrons. The number of rotatable bonds is 5. The van der Waals surface area contributed by atoms with Crippen LogP contribution in [0.2, 0.25) is 0 Å². The molecule has 1 saturated heterocycles. The molecule has 0 N–H and O–H groups in total. The van der Waals surface area contributed by atoms with Gasteiger partial charge in [0.05, 0.1) is 11.5 Å². The molecule has 1 aliphatic heterocycles. The van der Waals surface area contributed by atoms with Crippen molar-refractivity contribution in [3.8, 4) is 0 Å². The molecule has 1 unspecified atom stereocenters. The third-order valence-electron chi connectivity index (χ3n) is 3.55. The normalized spacial score (nSPS) is 19.1. The predicted octanol–water partition coefficient (Wildman–Crippen LogP) is 3.61. The van der Waals surface area contributed by atoms with Crippen LogP contribution in [0.4, 0.5) is 11.4 Å². The summed E-state index contributed by atoms with van der Waals surface area (Å²) in [6.45, 7) is 5.11. The zero-order valence-electron chi connectivity index (χ0n) is 11.5. The predicted molar refractivity (Wildman–Crippen MR) is 82.2 cm³/mol. The molecule has 0 aliphatic carbocycles. The van der Waals surface area contributed by atoms with Crippen LogP contribution in [0.25, 0.3) is 0 Å². The third kappa shape index (κ3) is 3.70. The highest BCUT2D eigenvalue weighted by Crippen LogP contribution is 2.33. The number of halogens is 1. The van der Waals surface area contributed by atoms with Crippen molar-refractivity contribution >= 4 is 27.3 Å². The number of piperidine rings is 1. The van der Waals surface area contributed by atoms with E-state index in [1.54, 1.807) is 12.1 Å². The summed E-state index contributed by atoms with van der Waals surface area (Å²) in [5.41, 5.74) is 0.871. The fraction of sp³-hybridized carbons (Fsp3) is 0.571. The van der Waals surface area contributed by atoms with E-state index in [-0.39, 0.29) is 10.6 Å². The van der Waals surface area contributed by atoms with Crippen LogP contribution < -0.4 is 4.90 Å². The Labute approximate surface area is 127 Å². The van der Waals surface area contributed by atoms with Crippen molar-refractivity contribution < 1.29 is 9.66 Å². The SMILES string of the molecule is CCOCC1CCCN(c2cc(Br)ccc2[N+](=O)[O-])C1. The summed E-state index contributed by atoms with van der Waals surface area (Å²) < 4.78 is 6.35. The Morgan fingerprint density at radius 2 is 2.35 bits per heavy atom. The van der Waals surface area contributed by atoms with E-state index in [0.29, 0.717) is 18.2 Å². The van der Waals surface area contributed by atoms with Gasteiger partial charge in [-0.05, 0) is 37.8 Å². The minimum Gasteiger partial charge on any atom is -0.381 e. The highest BCUT2D eigenvalue weighted by atomic mass is 79.9. The summed E-state index contributed by atoms with van der Waals surface area (Å²) in [6, 6.07) is 5.11. The van der Waals surface area contributed by atoms with E-state index >= 15 is 0 Å². The summed E-state index contributed by atoms with van der Waals surface area (Å²) in [4.78, 5) is 13.0. The van der Waals surface area contributed by atoms with Gasteiger partial charge in [-0.25, -0.2) is 0 Å². The van der Waals surface area contributed by atoms with Crippen molar-refractivity contribution in [3.05, 3.63) is 32.8 Å². The van der Waals surface area contributed by atoms with Crippen LogP contribution in [0.1, 0.15) is 19.8 Å². The Balaban J connectivity index is 2.17. The first-order valence-electron chi connectivity index (χ1n) is 6.88. The number of nitrogens with zero attached hydrogens (tertiary/aromatic N) is 2. The van der Waals surface area contributed by atoms with Gasteiger partial charge in [0.15, 0.2) is 0 Å². The molecule has 0 saturated carbocycles. The molecule has 1 heterocycles. The molecule has 1 aliphatic rings. The zero-order chi connectivity index (χ0) is 14.5. The van der Waals surface area contributed by atoms with Crippen LogP contribution in [-0.4, -0.2) is 31.2 Å². The van der Waals surface area contributed by atoms with Crippen LogP contribution in [0.15, 0.2) is 22.7 Å². The van der Waals surface area contributed by atoms with Crippen molar-refractivity contribution in [2.24, 2.45) is 5.92 Å². The maximum absolute atomic E-state index is 11.2. The lowest BCUT2D eigenvalue weighted by atomic mass is 9.98. The van der Waals surface area contributed by atoms with Crippen LogP contribution >= 0.6 is 15.9 Å². The monoisotopic (exact) mass is 342 g/mol. The lowest BCUT2D eigenvalue weighted by Gasteiger charge is -2.34. The van der Waals surface area contributed by atoms with Crippen molar-refractivity contribution in [2.45, 2.75) is 19.8 Å². The summed E-state index contributed by atoms with van der Waals surface area (Å²) >= 11 is 3.40. The Kier molecular flexibility index (Phi) is 5.37. The molecule has 6 heteroatoms. The molecule has 1 aromatic carbocycles. The minimum absolute atomic E-state index is 0.172. The number of hydrogen-bond acceptors (Lipinski definition) is 4. The number of benzene rings is 1. The fourth-order valence-corrected chi connectivity index (χ4v) is 2.96. The van der Waals surface area contributed by atoms with E-state index < -0.39 is 0 Å². The van der Waals surface area contributed by atoms with Crippen LogP contribution in [-0.2, 0) is 4.74 Å². The largest absolute Gasteiger partial charge is 0.381 e. The Morgan fingerprint density at radius 3 is 3.05 bits per heavy atom. The number of ether oxygens (including phenoxy) is 1. The van der Waals surface area contributed by atoms with Gasteiger partial charge in [-0.3, -0.25) is 10.1 Å². The topological polar surface area (TPSA) is 55.6 Å². The lowest BCUT2D eigenvalue weighted by molar-refractivity contribution is -0.384. The average molecular weight is 343 g/mol. The first-order valence-corrected chi connectivity index (χ1v) is 7.67. The standard InChI is InChI=1S/C14H19BrN2O3/c1-2-20-10-11-4-3-7-16(9-11)14-8-12(15)5-6-13(14)17(18)19/h5-6,8,11H,2-4,7,9-10H2,1H3. The van der Waals surface area contributed by atoms with Gasteiger partial charge in [-0.1, -0.05) is 15.9 Å². The fourth-order valence-electron chi connectivity index (χ4n) is 2.61. The molecular weight excluding hydrogens is 324 g/mol. The van der Waals surface area contributed by atoms with E-state index in [1.807, 2.05) is 13.0 Å². The van der Waals surface area contributed by atoms with Crippen molar-refractivity contribution in [1.82, 2.24) is 0 Å². The zero-order valence-corrected chi connectivity index (χ0v) is 13.1. The van der Waals surface area contributed by atoms with Gasteiger partial charge in [0.25, 0.3) is 5.69 Å².